The Hall–Kier alpha value is -3.84. The molecule has 0 spiro atoms. The van der Waals surface area contributed by atoms with Gasteiger partial charge in [0.2, 0.25) is 0 Å². The van der Waals surface area contributed by atoms with Gasteiger partial charge in [-0.15, -0.1) is 0 Å². The molecule has 4 aromatic rings. The zero-order chi connectivity index (χ0) is 27.5. The molecule has 0 aliphatic heterocycles. The number of hydrogen-bond donors (Lipinski definition) is 1. The quantitative estimate of drug-likeness (QED) is 0.220. The number of nitrogens with zero attached hydrogens (tertiary/aromatic N) is 4. The zero-order valence-corrected chi connectivity index (χ0v) is 23.0. The third kappa shape index (κ3) is 8.58. The Morgan fingerprint density at radius 2 is 1.38 bits per heavy atom. The number of pyridine rings is 2. The highest BCUT2D eigenvalue weighted by Crippen LogP contribution is 2.28. The Kier molecular flexibility index (Phi) is 10.4. The maximum absolute atomic E-state index is 11.5. The number of benzene rings is 2. The summed E-state index contributed by atoms with van der Waals surface area (Å²) in [6, 6.07) is 24.5. The summed E-state index contributed by atoms with van der Waals surface area (Å²) in [5.41, 5.74) is 7.22. The van der Waals surface area contributed by atoms with Crippen LogP contribution >= 0.6 is 0 Å². The molecule has 0 radical (unpaired) electrons. The van der Waals surface area contributed by atoms with Crippen LogP contribution in [0.3, 0.4) is 0 Å². The predicted molar refractivity (Wildman–Crippen MR) is 157 cm³/mol. The molecule has 0 unspecified atom stereocenters. The van der Waals surface area contributed by atoms with Crippen molar-refractivity contribution in [2.75, 3.05) is 20.3 Å². The summed E-state index contributed by atoms with van der Waals surface area (Å²) < 4.78 is 5.36. The largest absolute Gasteiger partial charge is 0.507 e. The lowest BCUT2D eigenvalue weighted by atomic mass is 10.0. The Morgan fingerprint density at radius 3 is 1.92 bits per heavy atom. The lowest BCUT2D eigenvalue weighted by molar-refractivity contribution is 0.138. The van der Waals surface area contributed by atoms with Crippen molar-refractivity contribution >= 4 is 6.08 Å². The first-order valence-corrected chi connectivity index (χ1v) is 13.3. The molecule has 4 rings (SSSR count). The Balaban J connectivity index is 1.57. The van der Waals surface area contributed by atoms with Gasteiger partial charge in [-0.1, -0.05) is 66.7 Å². The highest BCUT2D eigenvalue weighted by Gasteiger charge is 2.17. The third-order valence-electron chi connectivity index (χ3n) is 6.66. The standard InChI is InChI=1S/C33H38N4O2/c1-4-27-11-13-28(14-12-27)21-37(25-32-10-6-8-16-35-32)23-30-20-26(2)19-29(33(30)38)22-36(17-18-39-3)24-31-9-5-7-15-34-31/h4-16,19-20,38H,1,17-18,21-25H2,2-3H3. The zero-order valence-electron chi connectivity index (χ0n) is 23.0. The van der Waals surface area contributed by atoms with E-state index in [1.54, 1.807) is 7.11 Å². The number of methoxy groups -OCH3 is 1. The third-order valence-corrected chi connectivity index (χ3v) is 6.66. The van der Waals surface area contributed by atoms with Crippen LogP contribution in [0.1, 0.15) is 39.2 Å². The van der Waals surface area contributed by atoms with Gasteiger partial charge in [0.25, 0.3) is 0 Å². The van der Waals surface area contributed by atoms with E-state index in [0.717, 1.165) is 46.7 Å². The van der Waals surface area contributed by atoms with Gasteiger partial charge in [-0.05, 0) is 42.3 Å². The van der Waals surface area contributed by atoms with Crippen LogP contribution in [0, 0.1) is 6.92 Å². The minimum atomic E-state index is 0.345. The fraction of sp³-hybridized carbons (Fsp3) is 0.273. The molecule has 39 heavy (non-hydrogen) atoms. The van der Waals surface area contributed by atoms with Crippen LogP contribution in [0.25, 0.3) is 6.08 Å². The lowest BCUT2D eigenvalue weighted by Gasteiger charge is -2.26. The normalized spacial score (nSPS) is 11.3. The van der Waals surface area contributed by atoms with E-state index in [2.05, 4.69) is 69.7 Å². The number of phenols is 1. The van der Waals surface area contributed by atoms with Crippen LogP contribution in [0.15, 0.2) is 91.8 Å². The van der Waals surface area contributed by atoms with E-state index in [-0.39, 0.29) is 0 Å². The van der Waals surface area contributed by atoms with Crippen LogP contribution in [-0.4, -0.2) is 45.1 Å². The van der Waals surface area contributed by atoms with Gasteiger partial charge in [-0.3, -0.25) is 19.8 Å². The van der Waals surface area contributed by atoms with E-state index in [1.807, 2.05) is 54.9 Å². The van der Waals surface area contributed by atoms with E-state index in [4.69, 9.17) is 4.74 Å². The van der Waals surface area contributed by atoms with Gasteiger partial charge in [0.15, 0.2) is 0 Å². The smallest absolute Gasteiger partial charge is 0.124 e. The number of aromatic nitrogens is 2. The van der Waals surface area contributed by atoms with Crippen LogP contribution in [0.2, 0.25) is 0 Å². The van der Waals surface area contributed by atoms with Gasteiger partial charge in [0.05, 0.1) is 18.0 Å². The molecular weight excluding hydrogens is 484 g/mol. The van der Waals surface area contributed by atoms with Crippen molar-refractivity contribution in [2.24, 2.45) is 0 Å². The van der Waals surface area contributed by atoms with Gasteiger partial charge >= 0.3 is 0 Å². The Bertz CT molecular complexity index is 1310. The topological polar surface area (TPSA) is 61.7 Å². The van der Waals surface area contributed by atoms with Gasteiger partial charge in [-0.2, -0.15) is 0 Å². The molecule has 1 N–H and O–H groups in total. The molecule has 0 saturated heterocycles. The molecule has 0 atom stereocenters. The molecule has 0 fully saturated rings. The van der Waals surface area contributed by atoms with E-state index in [0.29, 0.717) is 38.5 Å². The average Bonchev–Trinajstić information content (AvgIpc) is 2.95. The summed E-state index contributed by atoms with van der Waals surface area (Å²) in [4.78, 5) is 13.6. The first-order chi connectivity index (χ1) is 19.0. The maximum Gasteiger partial charge on any atom is 0.124 e. The number of hydrogen-bond acceptors (Lipinski definition) is 6. The first-order valence-electron chi connectivity index (χ1n) is 13.3. The second-order valence-electron chi connectivity index (χ2n) is 9.87. The van der Waals surface area contributed by atoms with Gasteiger partial charge in [0.1, 0.15) is 5.75 Å². The minimum Gasteiger partial charge on any atom is -0.507 e. The number of aryl methyl sites for hydroxylation is 1. The summed E-state index contributed by atoms with van der Waals surface area (Å²) >= 11 is 0. The van der Waals surface area contributed by atoms with Crippen molar-refractivity contribution in [1.82, 2.24) is 19.8 Å². The van der Waals surface area contributed by atoms with E-state index < -0.39 is 0 Å². The monoisotopic (exact) mass is 522 g/mol. The molecule has 2 heterocycles. The number of aromatic hydroxyl groups is 1. The van der Waals surface area contributed by atoms with Crippen molar-refractivity contribution in [3.63, 3.8) is 0 Å². The summed E-state index contributed by atoms with van der Waals surface area (Å²) in [5.74, 6) is 0.345. The molecule has 2 aromatic carbocycles. The van der Waals surface area contributed by atoms with E-state index in [9.17, 15) is 5.11 Å². The summed E-state index contributed by atoms with van der Waals surface area (Å²) in [6.07, 6.45) is 5.49. The number of ether oxygens (including phenoxy) is 1. The molecule has 0 saturated carbocycles. The van der Waals surface area contributed by atoms with Crippen LogP contribution < -0.4 is 0 Å². The SMILES string of the molecule is C=Cc1ccc(CN(Cc2ccccn2)Cc2cc(C)cc(CN(CCOC)Cc3ccccn3)c2O)cc1. The highest BCUT2D eigenvalue weighted by atomic mass is 16.5. The van der Waals surface area contributed by atoms with Crippen LogP contribution in [-0.2, 0) is 37.5 Å². The Labute approximate surface area is 232 Å². The average molecular weight is 523 g/mol. The summed E-state index contributed by atoms with van der Waals surface area (Å²) in [6.45, 7) is 10.6. The number of phenolic OH excluding ortho intramolecular Hbond substituents is 1. The second kappa shape index (κ2) is 14.4. The molecular formula is C33H38N4O2. The van der Waals surface area contributed by atoms with Gasteiger partial charge in [-0.25, -0.2) is 0 Å². The minimum absolute atomic E-state index is 0.345. The molecule has 2 aromatic heterocycles. The predicted octanol–water partition coefficient (Wildman–Crippen LogP) is 5.98. The van der Waals surface area contributed by atoms with Crippen LogP contribution in [0.5, 0.6) is 5.75 Å². The van der Waals surface area contributed by atoms with Crippen molar-refractivity contribution in [3.8, 4) is 5.75 Å². The van der Waals surface area contributed by atoms with Crippen molar-refractivity contribution in [2.45, 2.75) is 39.6 Å². The summed E-state index contributed by atoms with van der Waals surface area (Å²) in [7, 11) is 1.71. The maximum atomic E-state index is 11.5. The van der Waals surface area contributed by atoms with Crippen molar-refractivity contribution < 1.29 is 9.84 Å². The van der Waals surface area contributed by atoms with E-state index >= 15 is 0 Å². The molecule has 0 bridgehead atoms. The van der Waals surface area contributed by atoms with Gasteiger partial charge in [0, 0.05) is 69.9 Å². The molecule has 6 heteroatoms. The lowest BCUT2D eigenvalue weighted by Crippen LogP contribution is -2.27. The molecule has 202 valence electrons. The first kappa shape index (κ1) is 28.2. The number of rotatable bonds is 14. The van der Waals surface area contributed by atoms with Gasteiger partial charge < -0.3 is 9.84 Å². The molecule has 6 nitrogen and oxygen atoms in total. The highest BCUT2D eigenvalue weighted by molar-refractivity contribution is 5.47. The van der Waals surface area contributed by atoms with Crippen molar-refractivity contribution in [1.29, 1.82) is 0 Å². The molecule has 0 aliphatic rings. The van der Waals surface area contributed by atoms with E-state index in [1.165, 1.54) is 5.56 Å². The fourth-order valence-electron chi connectivity index (χ4n) is 4.72. The fourth-order valence-corrected chi connectivity index (χ4v) is 4.72. The molecule has 0 aliphatic carbocycles. The Morgan fingerprint density at radius 1 is 0.795 bits per heavy atom. The van der Waals surface area contributed by atoms with Crippen LogP contribution in [0.4, 0.5) is 0 Å². The summed E-state index contributed by atoms with van der Waals surface area (Å²) in [5, 5.41) is 11.5. The van der Waals surface area contributed by atoms with Crippen molar-refractivity contribution in [3.05, 3.63) is 131 Å². The molecule has 0 amide bonds. The second-order valence-corrected chi connectivity index (χ2v) is 9.87.